The molecule has 0 saturated carbocycles. The minimum atomic E-state index is 0.526. The van der Waals surface area contributed by atoms with Crippen LogP contribution in [0.4, 0.5) is 5.82 Å². The van der Waals surface area contributed by atoms with Crippen molar-refractivity contribution >= 4 is 5.82 Å². The summed E-state index contributed by atoms with van der Waals surface area (Å²) in [5.74, 6) is 1.85. The first-order valence-corrected chi connectivity index (χ1v) is 6.27. The highest BCUT2D eigenvalue weighted by atomic mass is 16.5. The Morgan fingerprint density at radius 3 is 3.18 bits per heavy atom. The van der Waals surface area contributed by atoms with Gasteiger partial charge in [0, 0.05) is 25.3 Å². The van der Waals surface area contributed by atoms with Crippen LogP contribution in [0.15, 0.2) is 18.3 Å². The van der Waals surface area contributed by atoms with Crippen molar-refractivity contribution in [3.63, 3.8) is 0 Å². The predicted octanol–water partition coefficient (Wildman–Crippen LogP) is 1.67. The zero-order valence-corrected chi connectivity index (χ0v) is 10.6. The van der Waals surface area contributed by atoms with Gasteiger partial charge in [-0.15, -0.1) is 0 Å². The van der Waals surface area contributed by atoms with E-state index < -0.39 is 0 Å². The number of nitrogens with one attached hydrogen (secondary N) is 1. The van der Waals surface area contributed by atoms with Crippen molar-refractivity contribution < 1.29 is 4.74 Å². The van der Waals surface area contributed by atoms with Gasteiger partial charge in [-0.25, -0.2) is 4.98 Å². The van der Waals surface area contributed by atoms with Gasteiger partial charge in [-0.1, -0.05) is 0 Å². The first-order chi connectivity index (χ1) is 8.36. The zero-order chi connectivity index (χ0) is 12.1. The van der Waals surface area contributed by atoms with E-state index in [-0.39, 0.29) is 0 Å². The van der Waals surface area contributed by atoms with E-state index in [0.29, 0.717) is 6.04 Å². The van der Waals surface area contributed by atoms with Gasteiger partial charge >= 0.3 is 0 Å². The smallest absolute Gasteiger partial charge is 0.171 e. The van der Waals surface area contributed by atoms with Crippen molar-refractivity contribution in [1.29, 1.82) is 0 Å². The second-order valence-corrected chi connectivity index (χ2v) is 4.43. The maximum absolute atomic E-state index is 5.40. The summed E-state index contributed by atoms with van der Waals surface area (Å²) in [7, 11) is 3.71. The standard InChI is InChI=1S/C13H21N3O/c1-14-10-11-6-3-4-9-16(11)13-12(17-2)7-5-8-15-13/h5,7-8,11,14H,3-4,6,9-10H2,1-2H3. The molecule has 1 saturated heterocycles. The fourth-order valence-corrected chi connectivity index (χ4v) is 2.48. The molecular weight excluding hydrogens is 214 g/mol. The van der Waals surface area contributed by atoms with Gasteiger partial charge in [0.05, 0.1) is 7.11 Å². The summed E-state index contributed by atoms with van der Waals surface area (Å²) < 4.78 is 5.40. The molecule has 2 rings (SSSR count). The minimum Gasteiger partial charge on any atom is -0.493 e. The number of hydrogen-bond donors (Lipinski definition) is 1. The molecule has 1 aromatic heterocycles. The Kier molecular flexibility index (Phi) is 4.20. The van der Waals surface area contributed by atoms with Crippen LogP contribution in [0.25, 0.3) is 0 Å². The molecule has 1 aliphatic heterocycles. The van der Waals surface area contributed by atoms with Gasteiger partial charge in [-0.2, -0.15) is 0 Å². The number of nitrogens with zero attached hydrogens (tertiary/aromatic N) is 2. The third kappa shape index (κ3) is 2.69. The Morgan fingerprint density at radius 2 is 2.41 bits per heavy atom. The van der Waals surface area contributed by atoms with Crippen LogP contribution in [-0.2, 0) is 0 Å². The van der Waals surface area contributed by atoms with Gasteiger partial charge in [0.15, 0.2) is 11.6 Å². The number of methoxy groups -OCH3 is 1. The Balaban J connectivity index is 2.22. The number of piperidine rings is 1. The van der Waals surface area contributed by atoms with E-state index in [4.69, 9.17) is 4.74 Å². The van der Waals surface area contributed by atoms with E-state index in [1.165, 1.54) is 19.3 Å². The fourth-order valence-electron chi connectivity index (χ4n) is 2.48. The highest BCUT2D eigenvalue weighted by Gasteiger charge is 2.24. The van der Waals surface area contributed by atoms with Gasteiger partial charge in [-0.3, -0.25) is 0 Å². The van der Waals surface area contributed by atoms with E-state index in [9.17, 15) is 0 Å². The van der Waals surface area contributed by atoms with Crippen molar-refractivity contribution in [2.24, 2.45) is 0 Å². The first-order valence-electron chi connectivity index (χ1n) is 6.27. The Labute approximate surface area is 103 Å². The van der Waals surface area contributed by atoms with Gasteiger partial charge in [0.25, 0.3) is 0 Å². The lowest BCUT2D eigenvalue weighted by Crippen LogP contribution is -2.45. The zero-order valence-electron chi connectivity index (χ0n) is 10.6. The van der Waals surface area contributed by atoms with Crippen LogP contribution < -0.4 is 15.0 Å². The van der Waals surface area contributed by atoms with Gasteiger partial charge in [0.1, 0.15) is 0 Å². The molecule has 1 fully saturated rings. The Morgan fingerprint density at radius 1 is 1.53 bits per heavy atom. The molecule has 1 atom stereocenters. The molecule has 1 aromatic rings. The van der Waals surface area contributed by atoms with E-state index in [1.807, 2.05) is 25.4 Å². The molecule has 0 amide bonds. The largest absolute Gasteiger partial charge is 0.493 e. The summed E-state index contributed by atoms with van der Waals surface area (Å²) in [5, 5.41) is 3.26. The van der Waals surface area contributed by atoms with Gasteiger partial charge in [0.2, 0.25) is 0 Å². The lowest BCUT2D eigenvalue weighted by molar-refractivity contribution is 0.398. The van der Waals surface area contributed by atoms with Gasteiger partial charge < -0.3 is 15.0 Å². The SMILES string of the molecule is CNCC1CCCCN1c1ncccc1OC. The number of pyridine rings is 1. The van der Waals surface area contributed by atoms with Crippen LogP contribution in [0.5, 0.6) is 5.75 Å². The molecule has 94 valence electrons. The summed E-state index contributed by atoms with van der Waals surface area (Å²) >= 11 is 0. The van der Waals surface area contributed by atoms with E-state index in [2.05, 4.69) is 15.2 Å². The van der Waals surface area contributed by atoms with Crippen molar-refractivity contribution in [3.05, 3.63) is 18.3 Å². The summed E-state index contributed by atoms with van der Waals surface area (Å²) in [6.07, 6.45) is 5.60. The molecule has 0 bridgehead atoms. The molecule has 0 aliphatic carbocycles. The number of ether oxygens (including phenoxy) is 1. The van der Waals surface area contributed by atoms with Crippen LogP contribution in [0, 0.1) is 0 Å². The van der Waals surface area contributed by atoms with E-state index >= 15 is 0 Å². The number of rotatable bonds is 4. The fraction of sp³-hybridized carbons (Fsp3) is 0.615. The van der Waals surface area contributed by atoms with Crippen molar-refractivity contribution in [2.75, 3.05) is 32.1 Å². The average Bonchev–Trinajstić information content (AvgIpc) is 2.40. The molecule has 1 unspecified atom stereocenters. The Bertz CT molecular complexity index is 354. The quantitative estimate of drug-likeness (QED) is 0.861. The van der Waals surface area contributed by atoms with Gasteiger partial charge in [-0.05, 0) is 38.4 Å². The summed E-state index contributed by atoms with van der Waals surface area (Å²) in [6.45, 7) is 2.07. The molecule has 1 N–H and O–H groups in total. The molecular formula is C13H21N3O. The molecule has 4 nitrogen and oxygen atoms in total. The second-order valence-electron chi connectivity index (χ2n) is 4.43. The first kappa shape index (κ1) is 12.2. The van der Waals surface area contributed by atoms with Crippen molar-refractivity contribution in [1.82, 2.24) is 10.3 Å². The van der Waals surface area contributed by atoms with E-state index in [0.717, 1.165) is 24.7 Å². The highest BCUT2D eigenvalue weighted by molar-refractivity contribution is 5.53. The molecule has 0 aromatic carbocycles. The average molecular weight is 235 g/mol. The number of anilines is 1. The molecule has 4 heteroatoms. The summed E-state index contributed by atoms with van der Waals surface area (Å²) in [5.41, 5.74) is 0. The summed E-state index contributed by atoms with van der Waals surface area (Å²) in [6, 6.07) is 4.42. The monoisotopic (exact) mass is 235 g/mol. The minimum absolute atomic E-state index is 0.526. The highest BCUT2D eigenvalue weighted by Crippen LogP contribution is 2.30. The van der Waals surface area contributed by atoms with E-state index in [1.54, 1.807) is 7.11 Å². The third-order valence-electron chi connectivity index (χ3n) is 3.31. The lowest BCUT2D eigenvalue weighted by Gasteiger charge is -2.37. The van der Waals surface area contributed by atoms with Crippen LogP contribution in [-0.4, -0.2) is 38.3 Å². The van der Waals surface area contributed by atoms with Crippen LogP contribution in [0.1, 0.15) is 19.3 Å². The topological polar surface area (TPSA) is 37.4 Å². The number of hydrogen-bond acceptors (Lipinski definition) is 4. The maximum atomic E-state index is 5.40. The maximum Gasteiger partial charge on any atom is 0.171 e. The van der Waals surface area contributed by atoms with Crippen molar-refractivity contribution in [3.8, 4) is 5.75 Å². The Hall–Kier alpha value is -1.29. The third-order valence-corrected chi connectivity index (χ3v) is 3.31. The van der Waals surface area contributed by atoms with Crippen LogP contribution >= 0.6 is 0 Å². The molecule has 17 heavy (non-hydrogen) atoms. The predicted molar refractivity (Wildman–Crippen MR) is 69.7 cm³/mol. The van der Waals surface area contributed by atoms with Crippen LogP contribution in [0.2, 0.25) is 0 Å². The van der Waals surface area contributed by atoms with Crippen LogP contribution in [0.3, 0.4) is 0 Å². The number of aromatic nitrogens is 1. The summed E-state index contributed by atoms with van der Waals surface area (Å²) in [4.78, 5) is 6.85. The molecule has 0 spiro atoms. The normalized spacial score (nSPS) is 20.4. The lowest BCUT2D eigenvalue weighted by atomic mass is 10.0. The number of likely N-dealkylation sites (N-methyl/N-ethyl adjacent to an activating group) is 1. The molecule has 0 radical (unpaired) electrons. The molecule has 1 aliphatic rings. The second kappa shape index (κ2) is 5.87. The van der Waals surface area contributed by atoms with Crippen molar-refractivity contribution in [2.45, 2.75) is 25.3 Å². The molecule has 2 heterocycles.